The van der Waals surface area contributed by atoms with E-state index in [9.17, 15) is 19.3 Å². The van der Waals surface area contributed by atoms with Crippen LogP contribution in [0.15, 0.2) is 42.7 Å². The topological polar surface area (TPSA) is 108 Å². The standard InChI is InChI=1S/C17H17FN6O3/c1-12-7-16(24(26)27)21-23(12)6-5-17(25)20-15-9-19-22(11-15)10-13-3-2-4-14(18)8-13/h2-4,7-9,11H,5-6,10H2,1H3,(H,20,25). The molecule has 0 saturated carbocycles. The van der Waals surface area contributed by atoms with Gasteiger partial charge in [0.2, 0.25) is 5.91 Å². The van der Waals surface area contributed by atoms with Crippen molar-refractivity contribution in [3.8, 4) is 0 Å². The molecule has 1 N–H and O–H groups in total. The first-order valence-electron chi connectivity index (χ1n) is 8.16. The van der Waals surface area contributed by atoms with Crippen LogP contribution in [-0.4, -0.2) is 30.4 Å². The Hall–Kier alpha value is -3.56. The van der Waals surface area contributed by atoms with E-state index in [1.54, 1.807) is 29.9 Å². The van der Waals surface area contributed by atoms with E-state index < -0.39 is 4.92 Å². The second-order valence-electron chi connectivity index (χ2n) is 5.98. The summed E-state index contributed by atoms with van der Waals surface area (Å²) in [6, 6.07) is 7.56. The Labute approximate surface area is 153 Å². The first-order valence-corrected chi connectivity index (χ1v) is 8.16. The van der Waals surface area contributed by atoms with Crippen LogP contribution in [0.3, 0.4) is 0 Å². The molecular formula is C17H17FN6O3. The average molecular weight is 372 g/mol. The fourth-order valence-corrected chi connectivity index (χ4v) is 2.58. The summed E-state index contributed by atoms with van der Waals surface area (Å²) < 4.78 is 16.2. The van der Waals surface area contributed by atoms with Crippen molar-refractivity contribution in [2.45, 2.75) is 26.4 Å². The molecule has 9 nitrogen and oxygen atoms in total. The van der Waals surface area contributed by atoms with Gasteiger partial charge in [-0.15, -0.1) is 0 Å². The molecule has 10 heteroatoms. The molecule has 27 heavy (non-hydrogen) atoms. The van der Waals surface area contributed by atoms with E-state index >= 15 is 0 Å². The first-order chi connectivity index (χ1) is 12.9. The lowest BCUT2D eigenvalue weighted by Gasteiger charge is -2.03. The summed E-state index contributed by atoms with van der Waals surface area (Å²) in [5, 5.41) is 21.4. The monoisotopic (exact) mass is 372 g/mol. The van der Waals surface area contributed by atoms with Crippen LogP contribution in [0.4, 0.5) is 15.9 Å². The van der Waals surface area contributed by atoms with Gasteiger partial charge in [0.15, 0.2) is 0 Å². The fraction of sp³-hybridized carbons (Fsp3) is 0.235. The number of aryl methyl sites for hydroxylation is 2. The number of nitrogens with one attached hydrogen (secondary N) is 1. The number of halogens is 1. The molecule has 3 aromatic rings. The maximum atomic E-state index is 13.2. The molecule has 0 aliphatic rings. The lowest BCUT2D eigenvalue weighted by atomic mass is 10.2. The number of anilines is 1. The summed E-state index contributed by atoms with van der Waals surface area (Å²) in [7, 11) is 0. The number of rotatable bonds is 7. The second kappa shape index (κ2) is 7.77. The van der Waals surface area contributed by atoms with E-state index in [4.69, 9.17) is 0 Å². The molecule has 0 aliphatic carbocycles. The third kappa shape index (κ3) is 4.75. The smallest absolute Gasteiger partial charge is 0.358 e. The predicted molar refractivity (Wildman–Crippen MR) is 94.6 cm³/mol. The molecule has 1 aromatic carbocycles. The summed E-state index contributed by atoms with van der Waals surface area (Å²) >= 11 is 0. The molecule has 0 fully saturated rings. The molecule has 0 unspecified atom stereocenters. The molecule has 2 heterocycles. The van der Waals surface area contributed by atoms with Crippen molar-refractivity contribution in [3.63, 3.8) is 0 Å². The van der Waals surface area contributed by atoms with Crippen LogP contribution in [0.5, 0.6) is 0 Å². The molecule has 2 aromatic heterocycles. The lowest BCUT2D eigenvalue weighted by Crippen LogP contribution is -2.15. The largest absolute Gasteiger partial charge is 0.390 e. The molecule has 1 amide bonds. The molecule has 0 aliphatic heterocycles. The number of carbonyl (C=O) groups excluding carboxylic acids is 1. The fourth-order valence-electron chi connectivity index (χ4n) is 2.58. The zero-order chi connectivity index (χ0) is 19.4. The Morgan fingerprint density at radius 2 is 2.19 bits per heavy atom. The van der Waals surface area contributed by atoms with Crippen LogP contribution in [0, 0.1) is 22.9 Å². The minimum atomic E-state index is -0.573. The summed E-state index contributed by atoms with van der Waals surface area (Å²) in [5.74, 6) is -0.827. The summed E-state index contributed by atoms with van der Waals surface area (Å²) in [6.07, 6.45) is 3.25. The Morgan fingerprint density at radius 3 is 2.89 bits per heavy atom. The van der Waals surface area contributed by atoms with Gasteiger partial charge < -0.3 is 15.4 Å². The van der Waals surface area contributed by atoms with E-state index in [1.165, 1.54) is 29.1 Å². The van der Waals surface area contributed by atoms with Gasteiger partial charge in [0.05, 0.1) is 41.8 Å². The number of amides is 1. The molecule has 0 saturated heterocycles. The van der Waals surface area contributed by atoms with Gasteiger partial charge in [0, 0.05) is 12.6 Å². The van der Waals surface area contributed by atoms with Gasteiger partial charge >= 0.3 is 5.82 Å². The van der Waals surface area contributed by atoms with Crippen molar-refractivity contribution < 1.29 is 14.1 Å². The number of nitro groups is 1. The van der Waals surface area contributed by atoms with Gasteiger partial charge in [-0.05, 0) is 29.5 Å². The van der Waals surface area contributed by atoms with Gasteiger partial charge in [-0.3, -0.25) is 9.48 Å². The molecule has 0 bridgehead atoms. The van der Waals surface area contributed by atoms with Gasteiger partial charge in [0.1, 0.15) is 5.82 Å². The van der Waals surface area contributed by atoms with Crippen LogP contribution in [0.25, 0.3) is 0 Å². The maximum Gasteiger partial charge on any atom is 0.390 e. The second-order valence-corrected chi connectivity index (χ2v) is 5.98. The highest BCUT2D eigenvalue weighted by atomic mass is 19.1. The van der Waals surface area contributed by atoms with Crippen molar-refractivity contribution in [2.75, 3.05) is 5.32 Å². The third-order valence-corrected chi connectivity index (χ3v) is 3.86. The summed E-state index contributed by atoms with van der Waals surface area (Å²) in [6.45, 7) is 2.29. The highest BCUT2D eigenvalue weighted by molar-refractivity contribution is 5.90. The Morgan fingerprint density at radius 1 is 1.37 bits per heavy atom. The van der Waals surface area contributed by atoms with Crippen molar-refractivity contribution in [1.29, 1.82) is 0 Å². The van der Waals surface area contributed by atoms with E-state index in [0.29, 0.717) is 17.9 Å². The van der Waals surface area contributed by atoms with Crippen LogP contribution in [0.2, 0.25) is 0 Å². The Bertz CT molecular complexity index is 981. The number of aromatic nitrogens is 4. The highest BCUT2D eigenvalue weighted by Gasteiger charge is 2.16. The molecule has 0 spiro atoms. The highest BCUT2D eigenvalue weighted by Crippen LogP contribution is 2.12. The summed E-state index contributed by atoms with van der Waals surface area (Å²) in [4.78, 5) is 22.2. The van der Waals surface area contributed by atoms with Crippen molar-refractivity contribution >= 4 is 17.4 Å². The van der Waals surface area contributed by atoms with E-state index in [0.717, 1.165) is 5.56 Å². The van der Waals surface area contributed by atoms with Crippen LogP contribution in [-0.2, 0) is 17.9 Å². The Kier molecular flexibility index (Phi) is 5.25. The third-order valence-electron chi connectivity index (χ3n) is 3.86. The van der Waals surface area contributed by atoms with Crippen molar-refractivity contribution in [2.24, 2.45) is 0 Å². The number of hydrogen-bond donors (Lipinski definition) is 1. The van der Waals surface area contributed by atoms with E-state index in [2.05, 4.69) is 15.5 Å². The minimum absolute atomic E-state index is 0.106. The normalized spacial score (nSPS) is 10.7. The lowest BCUT2D eigenvalue weighted by molar-refractivity contribution is -0.389. The summed E-state index contributed by atoms with van der Waals surface area (Å²) in [5.41, 5.74) is 1.88. The van der Waals surface area contributed by atoms with Crippen molar-refractivity contribution in [3.05, 3.63) is 69.9 Å². The minimum Gasteiger partial charge on any atom is -0.358 e. The van der Waals surface area contributed by atoms with Gasteiger partial charge in [-0.25, -0.2) is 4.39 Å². The SMILES string of the molecule is Cc1cc([N+](=O)[O-])nn1CCC(=O)Nc1cnn(Cc2cccc(F)c2)c1. The molecular weight excluding hydrogens is 355 g/mol. The molecule has 3 rings (SSSR count). The van der Waals surface area contributed by atoms with E-state index in [-0.39, 0.29) is 30.5 Å². The molecule has 0 atom stereocenters. The van der Waals surface area contributed by atoms with Gasteiger partial charge in [-0.2, -0.15) is 9.78 Å². The average Bonchev–Trinajstić information content (AvgIpc) is 3.19. The number of carbonyl (C=O) groups is 1. The van der Waals surface area contributed by atoms with E-state index in [1.807, 2.05) is 0 Å². The molecule has 140 valence electrons. The quantitative estimate of drug-likeness (QED) is 0.506. The van der Waals surface area contributed by atoms with Crippen LogP contribution in [0.1, 0.15) is 17.7 Å². The van der Waals surface area contributed by atoms with Crippen LogP contribution >= 0.6 is 0 Å². The zero-order valence-corrected chi connectivity index (χ0v) is 14.5. The first kappa shape index (κ1) is 18.2. The van der Waals surface area contributed by atoms with Gasteiger partial charge in [0.25, 0.3) is 0 Å². The Balaban J connectivity index is 1.54. The van der Waals surface area contributed by atoms with Gasteiger partial charge in [-0.1, -0.05) is 12.1 Å². The number of nitrogens with zero attached hydrogens (tertiary/aromatic N) is 5. The number of hydrogen-bond acceptors (Lipinski definition) is 5. The van der Waals surface area contributed by atoms with Crippen LogP contribution < -0.4 is 5.32 Å². The number of benzene rings is 1. The zero-order valence-electron chi connectivity index (χ0n) is 14.5. The maximum absolute atomic E-state index is 13.2. The molecule has 0 radical (unpaired) electrons. The van der Waals surface area contributed by atoms with Crippen molar-refractivity contribution in [1.82, 2.24) is 19.6 Å². The predicted octanol–water partition coefficient (Wildman–Crippen LogP) is 2.51.